The normalized spacial score (nSPS) is 31.3. The Bertz CT molecular complexity index is 375. The van der Waals surface area contributed by atoms with Crippen molar-refractivity contribution < 1.29 is 24.2 Å². The second kappa shape index (κ2) is 4.12. The largest absolute Gasteiger partial charge is 0.479 e. The second-order valence-electron chi connectivity index (χ2n) is 5.82. The highest BCUT2D eigenvalue weighted by Gasteiger charge is 2.59. The second-order valence-corrected chi connectivity index (χ2v) is 5.82. The smallest absolute Gasteiger partial charge is 0.410 e. The van der Waals surface area contributed by atoms with Crippen LogP contribution in [-0.2, 0) is 14.3 Å². The molecule has 2 rings (SSSR count). The fourth-order valence-electron chi connectivity index (χ4n) is 2.57. The molecule has 1 N–H and O–H groups in total. The fraction of sp³-hybridized carbons (Fsp3) is 0.833. The lowest BCUT2D eigenvalue weighted by atomic mass is 9.79. The van der Waals surface area contributed by atoms with Gasteiger partial charge in [0.15, 0.2) is 6.10 Å². The van der Waals surface area contributed by atoms with E-state index < -0.39 is 29.3 Å². The average Bonchev–Trinajstić information content (AvgIpc) is 2.57. The number of carbonyl (C=O) groups is 2. The lowest BCUT2D eigenvalue weighted by molar-refractivity contribution is -0.158. The Morgan fingerprint density at radius 3 is 2.50 bits per heavy atom. The molecule has 102 valence electrons. The molecule has 2 saturated heterocycles. The van der Waals surface area contributed by atoms with Crippen LogP contribution in [0.25, 0.3) is 0 Å². The van der Waals surface area contributed by atoms with E-state index in [1.165, 1.54) is 4.90 Å². The Balaban J connectivity index is 2.11. The quantitative estimate of drug-likeness (QED) is 0.764. The van der Waals surface area contributed by atoms with Gasteiger partial charge in [0.2, 0.25) is 0 Å². The zero-order valence-corrected chi connectivity index (χ0v) is 10.9. The Labute approximate surface area is 106 Å². The van der Waals surface area contributed by atoms with Crippen molar-refractivity contribution in [3.63, 3.8) is 0 Å². The number of likely N-dealkylation sites (tertiary alicyclic amines) is 1. The summed E-state index contributed by atoms with van der Waals surface area (Å²) in [6.07, 6.45) is -0.170. The van der Waals surface area contributed by atoms with Crippen LogP contribution in [0.5, 0.6) is 0 Å². The average molecular weight is 257 g/mol. The molecule has 2 aliphatic rings. The first-order valence-corrected chi connectivity index (χ1v) is 6.11. The number of carboxylic acid groups (broad SMARTS) is 1. The molecule has 0 aliphatic carbocycles. The third-order valence-electron chi connectivity index (χ3n) is 3.45. The molecule has 1 amide bonds. The van der Waals surface area contributed by atoms with Crippen LogP contribution in [0.3, 0.4) is 0 Å². The van der Waals surface area contributed by atoms with Crippen LogP contribution in [0, 0.1) is 0 Å². The lowest BCUT2D eigenvalue weighted by Crippen LogP contribution is -2.68. The molecule has 18 heavy (non-hydrogen) atoms. The maximum absolute atomic E-state index is 12.0. The summed E-state index contributed by atoms with van der Waals surface area (Å²) in [4.78, 5) is 24.7. The highest BCUT2D eigenvalue weighted by atomic mass is 16.6. The van der Waals surface area contributed by atoms with Gasteiger partial charge in [-0.25, -0.2) is 9.59 Å². The first-order valence-electron chi connectivity index (χ1n) is 6.11. The fourth-order valence-corrected chi connectivity index (χ4v) is 2.57. The van der Waals surface area contributed by atoms with Gasteiger partial charge in [0, 0.05) is 6.54 Å². The summed E-state index contributed by atoms with van der Waals surface area (Å²) in [6.45, 7) is 6.27. The van der Waals surface area contributed by atoms with Crippen molar-refractivity contribution in [1.82, 2.24) is 4.90 Å². The number of amides is 1. The minimum atomic E-state index is -1.01. The van der Waals surface area contributed by atoms with Crippen LogP contribution in [0.2, 0.25) is 0 Å². The van der Waals surface area contributed by atoms with E-state index in [1.807, 2.05) is 0 Å². The van der Waals surface area contributed by atoms with Gasteiger partial charge < -0.3 is 14.6 Å². The third-order valence-corrected chi connectivity index (χ3v) is 3.45. The maximum atomic E-state index is 12.0. The first-order chi connectivity index (χ1) is 8.26. The van der Waals surface area contributed by atoms with E-state index in [-0.39, 0.29) is 0 Å². The molecule has 1 spiro atoms. The molecule has 0 radical (unpaired) electrons. The molecular formula is C12H19NO5. The van der Waals surface area contributed by atoms with Gasteiger partial charge in [0.1, 0.15) is 5.60 Å². The van der Waals surface area contributed by atoms with Crippen LogP contribution in [0.15, 0.2) is 0 Å². The number of ether oxygens (including phenoxy) is 2. The zero-order chi connectivity index (χ0) is 13.6. The van der Waals surface area contributed by atoms with Crippen molar-refractivity contribution in [2.75, 3.05) is 13.2 Å². The predicted octanol–water partition coefficient (Wildman–Crippen LogP) is 1.24. The van der Waals surface area contributed by atoms with Crippen LogP contribution < -0.4 is 0 Å². The van der Waals surface area contributed by atoms with Crippen LogP contribution in [0.1, 0.15) is 33.6 Å². The topological polar surface area (TPSA) is 76.1 Å². The number of aliphatic carboxylic acids is 1. The number of hydrogen-bond acceptors (Lipinski definition) is 4. The third kappa shape index (κ3) is 2.05. The summed E-state index contributed by atoms with van der Waals surface area (Å²) in [5.74, 6) is -1.01. The number of rotatable bonds is 1. The predicted molar refractivity (Wildman–Crippen MR) is 62.3 cm³/mol. The van der Waals surface area contributed by atoms with Crippen molar-refractivity contribution in [3.05, 3.63) is 0 Å². The molecule has 6 heteroatoms. The number of carboxylic acids is 1. The van der Waals surface area contributed by atoms with Gasteiger partial charge in [0.25, 0.3) is 0 Å². The minimum absolute atomic E-state index is 0.371. The van der Waals surface area contributed by atoms with E-state index in [4.69, 9.17) is 14.6 Å². The summed E-state index contributed by atoms with van der Waals surface area (Å²) < 4.78 is 10.5. The lowest BCUT2D eigenvalue weighted by Gasteiger charge is -2.51. The van der Waals surface area contributed by atoms with E-state index in [9.17, 15) is 9.59 Å². The van der Waals surface area contributed by atoms with E-state index in [0.29, 0.717) is 26.0 Å². The highest BCUT2D eigenvalue weighted by molar-refractivity contribution is 5.78. The van der Waals surface area contributed by atoms with Crippen molar-refractivity contribution in [3.8, 4) is 0 Å². The standard InChI is InChI=1S/C12H19NO5/c1-11(2,3)18-10(16)13-6-4-12(13)5-7-17-8(12)9(14)15/h8H,4-7H2,1-3H3,(H,14,15). The number of nitrogens with zero attached hydrogens (tertiary/aromatic N) is 1. The molecule has 0 bridgehead atoms. The van der Waals surface area contributed by atoms with Crippen molar-refractivity contribution in [1.29, 1.82) is 0 Å². The highest BCUT2D eigenvalue weighted by Crippen LogP contribution is 2.43. The Kier molecular flexibility index (Phi) is 3.01. The van der Waals surface area contributed by atoms with Gasteiger partial charge >= 0.3 is 12.1 Å². The molecule has 0 aromatic rings. The van der Waals surface area contributed by atoms with Crippen LogP contribution >= 0.6 is 0 Å². The molecule has 2 unspecified atom stereocenters. The monoisotopic (exact) mass is 257 g/mol. The Hall–Kier alpha value is -1.30. The SMILES string of the molecule is CC(C)(C)OC(=O)N1CCC12CCOC2C(=O)O. The van der Waals surface area contributed by atoms with Crippen molar-refractivity contribution in [2.24, 2.45) is 0 Å². The molecule has 0 saturated carbocycles. The van der Waals surface area contributed by atoms with Gasteiger partial charge in [-0.15, -0.1) is 0 Å². The summed E-state index contributed by atoms with van der Waals surface area (Å²) in [5.41, 5.74) is -1.28. The number of hydrogen-bond donors (Lipinski definition) is 1. The van der Waals surface area contributed by atoms with Gasteiger partial charge in [-0.05, 0) is 33.6 Å². The van der Waals surface area contributed by atoms with Gasteiger partial charge in [-0.2, -0.15) is 0 Å². The minimum Gasteiger partial charge on any atom is -0.479 e. The molecule has 0 aromatic heterocycles. The maximum Gasteiger partial charge on any atom is 0.410 e. The molecule has 2 atom stereocenters. The van der Waals surface area contributed by atoms with Crippen molar-refractivity contribution >= 4 is 12.1 Å². The summed E-state index contributed by atoms with van der Waals surface area (Å²) in [5, 5.41) is 9.14. The Morgan fingerprint density at radius 1 is 1.39 bits per heavy atom. The Morgan fingerprint density at radius 2 is 2.06 bits per heavy atom. The van der Waals surface area contributed by atoms with Crippen molar-refractivity contribution in [2.45, 2.75) is 50.9 Å². The molecule has 6 nitrogen and oxygen atoms in total. The van der Waals surface area contributed by atoms with Crippen LogP contribution in [-0.4, -0.2) is 52.5 Å². The molecule has 0 aromatic carbocycles. The van der Waals surface area contributed by atoms with Gasteiger partial charge in [0.05, 0.1) is 12.1 Å². The molecule has 2 heterocycles. The summed E-state index contributed by atoms with van der Waals surface area (Å²) >= 11 is 0. The van der Waals surface area contributed by atoms with E-state index >= 15 is 0 Å². The van der Waals surface area contributed by atoms with E-state index in [1.54, 1.807) is 20.8 Å². The van der Waals surface area contributed by atoms with E-state index in [2.05, 4.69) is 0 Å². The molecular weight excluding hydrogens is 238 g/mol. The number of carbonyl (C=O) groups excluding carboxylic acids is 1. The van der Waals surface area contributed by atoms with Crippen LogP contribution in [0.4, 0.5) is 4.79 Å². The van der Waals surface area contributed by atoms with Gasteiger partial charge in [-0.3, -0.25) is 4.90 Å². The molecule has 2 aliphatic heterocycles. The van der Waals surface area contributed by atoms with Gasteiger partial charge in [-0.1, -0.05) is 0 Å². The molecule has 2 fully saturated rings. The summed E-state index contributed by atoms with van der Waals surface area (Å²) in [6, 6.07) is 0. The summed E-state index contributed by atoms with van der Waals surface area (Å²) in [7, 11) is 0. The van der Waals surface area contributed by atoms with E-state index in [0.717, 1.165) is 0 Å². The zero-order valence-electron chi connectivity index (χ0n) is 10.9. The first kappa shape index (κ1) is 13.1.